The number of fused-ring (bicyclic) bond motifs is 1. The zero-order valence-electron chi connectivity index (χ0n) is 41.1. The maximum Gasteiger partial charge on any atom is 0.272 e. The molecule has 16 nitrogen and oxygen atoms in total. The highest BCUT2D eigenvalue weighted by molar-refractivity contribution is 6.30. The molecule has 1 fully saturated rings. The predicted molar refractivity (Wildman–Crippen MR) is 279 cm³/mol. The fraction of sp³-hybridized carbons (Fsp3) is 0.426. The number of benzene rings is 3. The third-order valence-corrected chi connectivity index (χ3v) is 13.3. The van der Waals surface area contributed by atoms with E-state index >= 15 is 0 Å². The van der Waals surface area contributed by atoms with Gasteiger partial charge in [-0.15, -0.1) is 0 Å². The van der Waals surface area contributed by atoms with Gasteiger partial charge in [-0.05, 0) is 85.5 Å². The van der Waals surface area contributed by atoms with E-state index in [0.717, 1.165) is 64.9 Å². The predicted octanol–water partition coefficient (Wildman–Crippen LogP) is 5.66. The number of aliphatic hydroxyl groups is 1. The number of amides is 4. The third kappa shape index (κ3) is 14.9. The fourth-order valence-electron chi connectivity index (χ4n) is 9.20. The van der Waals surface area contributed by atoms with Crippen molar-refractivity contribution in [2.75, 3.05) is 82.2 Å². The molecule has 7 N–H and O–H groups in total. The number of anilines is 2. The van der Waals surface area contributed by atoms with Crippen LogP contribution in [0, 0.1) is 6.92 Å². The van der Waals surface area contributed by atoms with E-state index < -0.39 is 12.0 Å². The smallest absolute Gasteiger partial charge is 0.272 e. The topological polar surface area (TPSA) is 206 Å². The van der Waals surface area contributed by atoms with Crippen molar-refractivity contribution in [3.63, 3.8) is 0 Å². The Labute approximate surface area is 422 Å². The minimum absolute atomic E-state index is 0.0244. The summed E-state index contributed by atoms with van der Waals surface area (Å²) in [5.41, 5.74) is 8.23. The van der Waals surface area contributed by atoms with Crippen molar-refractivity contribution < 1.29 is 24.3 Å². The van der Waals surface area contributed by atoms with Crippen LogP contribution < -0.4 is 36.8 Å². The molecule has 1 aliphatic carbocycles. The normalized spacial score (nSPS) is 15.8. The second-order valence-corrected chi connectivity index (χ2v) is 18.9. The molecule has 3 atom stereocenters. The van der Waals surface area contributed by atoms with Crippen LogP contribution in [0.2, 0.25) is 5.02 Å². The van der Waals surface area contributed by atoms with Crippen LogP contribution in [-0.4, -0.2) is 121 Å². The molecule has 4 amide bonds. The first kappa shape index (κ1) is 52.5. The maximum atomic E-state index is 14.0. The van der Waals surface area contributed by atoms with Crippen LogP contribution in [0.3, 0.4) is 0 Å². The van der Waals surface area contributed by atoms with Crippen molar-refractivity contribution in [1.82, 2.24) is 46.4 Å². The molecule has 0 bridgehead atoms. The molecular formula is C54H68ClN11O5. The number of nitrogens with one attached hydrogen (secondary N) is 6. The summed E-state index contributed by atoms with van der Waals surface area (Å²) in [6, 6.07) is 25.4. The van der Waals surface area contributed by atoms with Gasteiger partial charge in [-0.1, -0.05) is 98.1 Å². The highest BCUT2D eigenvalue weighted by Gasteiger charge is 2.35. The van der Waals surface area contributed by atoms with Gasteiger partial charge in [0.2, 0.25) is 17.7 Å². The lowest BCUT2D eigenvalue weighted by molar-refractivity contribution is -0.133. The molecule has 0 unspecified atom stereocenters. The van der Waals surface area contributed by atoms with Crippen molar-refractivity contribution in [1.29, 1.82) is 0 Å². The average Bonchev–Trinajstić information content (AvgIpc) is 3.68. The highest BCUT2D eigenvalue weighted by Crippen LogP contribution is 2.43. The number of halogens is 1. The molecule has 0 spiro atoms. The molecule has 5 aromatic rings. The van der Waals surface area contributed by atoms with Gasteiger partial charge in [0.25, 0.3) is 5.91 Å². The number of pyridine rings is 1. The Bertz CT molecular complexity index is 2590. The molecule has 2 aliphatic rings. The van der Waals surface area contributed by atoms with E-state index in [2.05, 4.69) is 83.8 Å². The van der Waals surface area contributed by atoms with E-state index in [-0.39, 0.29) is 48.3 Å². The van der Waals surface area contributed by atoms with Crippen molar-refractivity contribution in [2.45, 2.75) is 77.4 Å². The summed E-state index contributed by atoms with van der Waals surface area (Å²) in [5, 5.41) is 29.7. The van der Waals surface area contributed by atoms with E-state index in [1.54, 1.807) is 24.4 Å². The highest BCUT2D eigenvalue weighted by atomic mass is 35.5. The van der Waals surface area contributed by atoms with Gasteiger partial charge in [-0.2, -0.15) is 0 Å². The van der Waals surface area contributed by atoms with Crippen molar-refractivity contribution >= 4 is 46.7 Å². The van der Waals surface area contributed by atoms with Gasteiger partial charge >= 0.3 is 0 Å². The maximum absolute atomic E-state index is 14.0. The van der Waals surface area contributed by atoms with Gasteiger partial charge < -0.3 is 46.8 Å². The molecule has 0 radical (unpaired) electrons. The van der Waals surface area contributed by atoms with E-state index in [1.807, 2.05) is 54.3 Å². The number of piperazine rings is 1. The number of aliphatic hydroxyl groups excluding tert-OH is 1. The lowest BCUT2D eigenvalue weighted by atomic mass is 9.97. The Kier molecular flexibility index (Phi) is 19.4. The minimum atomic E-state index is -0.576. The van der Waals surface area contributed by atoms with Crippen LogP contribution in [0.4, 0.5) is 11.5 Å². The van der Waals surface area contributed by atoms with Gasteiger partial charge in [0.1, 0.15) is 12.1 Å². The number of unbranched alkanes of at least 4 members (excludes halogenated alkanes) is 2. The van der Waals surface area contributed by atoms with Crippen molar-refractivity contribution in [3.05, 3.63) is 136 Å². The monoisotopic (exact) mass is 986 g/mol. The summed E-state index contributed by atoms with van der Waals surface area (Å²) in [6.45, 7) is 11.7. The molecule has 71 heavy (non-hydrogen) atoms. The first-order chi connectivity index (χ1) is 34.5. The fourth-order valence-corrected chi connectivity index (χ4v) is 9.33. The average molecular weight is 987 g/mol. The zero-order chi connectivity index (χ0) is 50.1. The number of rotatable bonds is 24. The van der Waals surface area contributed by atoms with Crippen LogP contribution in [0.5, 0.6) is 0 Å². The molecule has 376 valence electrons. The largest absolute Gasteiger partial charge is 0.387 e. The lowest BCUT2D eigenvalue weighted by Crippen LogP contribution is -2.51. The molecule has 7 rings (SSSR count). The molecule has 1 saturated heterocycles. The minimum Gasteiger partial charge on any atom is -0.387 e. The Morgan fingerprint density at radius 1 is 0.775 bits per heavy atom. The zero-order valence-corrected chi connectivity index (χ0v) is 41.9. The van der Waals surface area contributed by atoms with Crippen molar-refractivity contribution in [2.24, 2.45) is 0 Å². The summed E-state index contributed by atoms with van der Waals surface area (Å²) in [7, 11) is 0. The summed E-state index contributed by atoms with van der Waals surface area (Å²) >= 11 is 6.21. The number of hydrogen-bond donors (Lipinski definition) is 7. The van der Waals surface area contributed by atoms with E-state index in [0.29, 0.717) is 88.3 Å². The Balaban J connectivity index is 0.793. The van der Waals surface area contributed by atoms with Gasteiger partial charge in [0.05, 0.1) is 36.5 Å². The number of aromatic nitrogens is 3. The third-order valence-electron chi connectivity index (χ3n) is 13.1. The van der Waals surface area contributed by atoms with Crippen LogP contribution >= 0.6 is 11.6 Å². The van der Waals surface area contributed by atoms with E-state index in [4.69, 9.17) is 11.6 Å². The van der Waals surface area contributed by atoms with Crippen LogP contribution in [0.1, 0.15) is 101 Å². The van der Waals surface area contributed by atoms with Crippen LogP contribution in [-0.2, 0) is 27.3 Å². The first-order valence-electron chi connectivity index (χ1n) is 24.9. The number of aryl methyl sites for hydroxylation is 2. The number of carbonyl (C=O) groups is 4. The number of nitrogens with zero attached hydrogens (tertiary/aromatic N) is 5. The molecule has 3 heterocycles. The quantitative estimate of drug-likeness (QED) is 0.0375. The number of carbonyl (C=O) groups excluding carboxylic acids is 4. The van der Waals surface area contributed by atoms with Crippen molar-refractivity contribution in [3.8, 4) is 11.1 Å². The van der Waals surface area contributed by atoms with Crippen LogP contribution in [0.15, 0.2) is 91.4 Å². The molecule has 0 saturated carbocycles. The van der Waals surface area contributed by atoms with Gasteiger partial charge in [-0.25, -0.2) is 15.0 Å². The summed E-state index contributed by atoms with van der Waals surface area (Å²) < 4.78 is 0. The number of hydrogen-bond acceptors (Lipinski definition) is 12. The second kappa shape index (κ2) is 26.2. The summed E-state index contributed by atoms with van der Waals surface area (Å²) in [5.74, 6) is -0.170. The molecule has 17 heteroatoms. The Morgan fingerprint density at radius 3 is 2.32 bits per heavy atom. The standard InChI is InChI=1S/C54H68ClN11O5/c1-4-38-11-9-13-41(28-38)42-29-45(64-48(69)34-58-30-39-12-8-10-36(2)26-39)50(61-31-42)53(70)60-19-7-5-6-18-56-33-47(68)59-21-20-57-32-44(40-14-16-43(55)17-15-40)54(71)66-24-22-65(23-25-66)52-49-37(3)27-46(67)51(49)62-35-63-52/h8-17,26,28-29,31,35,37,44,46,56-58,67H,4-7,18-25,27,30,32-34H2,1-3H3,(H,59,68)(H,60,70)(H,64,69)/t37-,44-,46-/m1/s1. The molecule has 3 aromatic carbocycles. The van der Waals surface area contributed by atoms with E-state index in [9.17, 15) is 24.3 Å². The lowest BCUT2D eigenvalue weighted by Gasteiger charge is -2.38. The molecular weight excluding hydrogens is 918 g/mol. The van der Waals surface area contributed by atoms with Gasteiger partial charge in [0, 0.05) is 81.2 Å². The first-order valence-corrected chi connectivity index (χ1v) is 25.3. The summed E-state index contributed by atoms with van der Waals surface area (Å²) in [4.78, 5) is 70.8. The van der Waals surface area contributed by atoms with Gasteiger partial charge in [-0.3, -0.25) is 19.2 Å². The molecule has 2 aromatic heterocycles. The molecule has 1 aliphatic heterocycles. The SMILES string of the molecule is CCc1cccc(-c2cnc(C(=O)NCCCCCNCC(=O)NCCNC[C@@H](C(=O)N3CCN(c4ncnc5c4[C@H](C)C[C@H]5O)CC3)c3ccc(Cl)cc3)c(NC(=O)CNCc3cccc(C)c3)c2)c1. The van der Waals surface area contributed by atoms with Gasteiger partial charge in [0.15, 0.2) is 5.69 Å². The van der Waals surface area contributed by atoms with E-state index in [1.165, 1.54) is 11.9 Å². The Morgan fingerprint density at radius 2 is 1.54 bits per heavy atom. The summed E-state index contributed by atoms with van der Waals surface area (Å²) in [6.07, 6.45) is 6.49. The Hall–Kier alpha value is -6.30. The second-order valence-electron chi connectivity index (χ2n) is 18.4. The van der Waals surface area contributed by atoms with Crippen LogP contribution in [0.25, 0.3) is 11.1 Å².